The molecule has 5 nitrogen and oxygen atoms in total. The highest BCUT2D eigenvalue weighted by Gasteiger charge is 2.02. The molecular formula is C16H28IN3O2. The molecule has 2 N–H and O–H groups in total. The van der Waals surface area contributed by atoms with Gasteiger partial charge in [0.1, 0.15) is 11.5 Å². The maximum atomic E-state index is 5.69. The Labute approximate surface area is 150 Å². The van der Waals surface area contributed by atoms with Gasteiger partial charge in [-0.05, 0) is 31.9 Å². The van der Waals surface area contributed by atoms with Crippen molar-refractivity contribution < 1.29 is 9.47 Å². The first-order chi connectivity index (χ1) is 10.2. The fourth-order valence-electron chi connectivity index (χ4n) is 1.69. The van der Waals surface area contributed by atoms with Crippen LogP contribution in [0.3, 0.4) is 0 Å². The van der Waals surface area contributed by atoms with Gasteiger partial charge < -0.3 is 20.1 Å². The Bertz CT molecular complexity index is 441. The van der Waals surface area contributed by atoms with E-state index in [4.69, 9.17) is 9.47 Å². The van der Waals surface area contributed by atoms with E-state index in [2.05, 4.69) is 29.5 Å². The Morgan fingerprint density at radius 2 is 2.05 bits per heavy atom. The van der Waals surface area contributed by atoms with Gasteiger partial charge in [0, 0.05) is 25.7 Å². The lowest BCUT2D eigenvalue weighted by molar-refractivity contribution is 0.308. The van der Waals surface area contributed by atoms with Crippen molar-refractivity contribution in [1.82, 2.24) is 10.6 Å². The fourth-order valence-corrected chi connectivity index (χ4v) is 1.69. The van der Waals surface area contributed by atoms with E-state index in [1.807, 2.05) is 24.3 Å². The molecule has 6 heteroatoms. The molecule has 126 valence electrons. The second-order valence-corrected chi connectivity index (χ2v) is 4.83. The van der Waals surface area contributed by atoms with Crippen LogP contribution in [0.4, 0.5) is 0 Å². The summed E-state index contributed by atoms with van der Waals surface area (Å²) < 4.78 is 10.8. The minimum absolute atomic E-state index is 0. The molecule has 22 heavy (non-hydrogen) atoms. The molecule has 1 unspecified atom stereocenters. The van der Waals surface area contributed by atoms with Gasteiger partial charge in [-0.15, -0.1) is 24.0 Å². The molecule has 0 aliphatic rings. The van der Waals surface area contributed by atoms with E-state index in [-0.39, 0.29) is 24.0 Å². The van der Waals surface area contributed by atoms with Crippen molar-refractivity contribution in [3.63, 3.8) is 0 Å². The number of benzene rings is 1. The van der Waals surface area contributed by atoms with Gasteiger partial charge in [0.2, 0.25) is 0 Å². The van der Waals surface area contributed by atoms with Gasteiger partial charge in [-0.2, -0.15) is 0 Å². The first kappa shape index (κ1) is 20.8. The van der Waals surface area contributed by atoms with Crippen LogP contribution in [0.25, 0.3) is 0 Å². The molecule has 0 fully saturated rings. The van der Waals surface area contributed by atoms with E-state index in [1.165, 1.54) is 0 Å². The van der Waals surface area contributed by atoms with Crippen molar-refractivity contribution in [2.24, 2.45) is 4.99 Å². The van der Waals surface area contributed by atoms with Crippen LogP contribution in [0.1, 0.15) is 26.7 Å². The minimum Gasteiger partial charge on any atom is -0.497 e. The zero-order chi connectivity index (χ0) is 15.5. The third-order valence-corrected chi connectivity index (χ3v) is 3.14. The Balaban J connectivity index is 0.00000441. The minimum atomic E-state index is 0. The second-order valence-electron chi connectivity index (χ2n) is 4.83. The molecule has 0 heterocycles. The van der Waals surface area contributed by atoms with Crippen molar-refractivity contribution in [3.05, 3.63) is 24.3 Å². The number of aliphatic imine (C=N–C) groups is 1. The predicted molar refractivity (Wildman–Crippen MR) is 103 cm³/mol. The van der Waals surface area contributed by atoms with E-state index in [9.17, 15) is 0 Å². The number of ether oxygens (including phenoxy) is 2. The molecule has 1 aromatic carbocycles. The molecule has 1 atom stereocenters. The number of nitrogens with zero attached hydrogens (tertiary/aromatic N) is 1. The van der Waals surface area contributed by atoms with Crippen LogP contribution in [0, 0.1) is 0 Å². The van der Waals surface area contributed by atoms with Gasteiger partial charge in [0.25, 0.3) is 0 Å². The number of methoxy groups -OCH3 is 1. The summed E-state index contributed by atoms with van der Waals surface area (Å²) in [6, 6.07) is 8.06. The van der Waals surface area contributed by atoms with Crippen molar-refractivity contribution in [3.8, 4) is 11.5 Å². The predicted octanol–water partition coefficient (Wildman–Crippen LogP) is 3.05. The van der Waals surface area contributed by atoms with Crippen LogP contribution < -0.4 is 20.1 Å². The van der Waals surface area contributed by atoms with Crippen LogP contribution in [-0.4, -0.2) is 39.3 Å². The number of nitrogens with one attached hydrogen (secondary N) is 2. The van der Waals surface area contributed by atoms with Crippen LogP contribution in [0.15, 0.2) is 29.3 Å². The zero-order valence-corrected chi connectivity index (χ0v) is 16.2. The number of guanidine groups is 1. The second kappa shape index (κ2) is 12.4. The van der Waals surface area contributed by atoms with Gasteiger partial charge in [-0.1, -0.05) is 13.0 Å². The van der Waals surface area contributed by atoms with Crippen LogP contribution in [0.5, 0.6) is 11.5 Å². The van der Waals surface area contributed by atoms with Gasteiger partial charge in [-0.3, -0.25) is 4.99 Å². The van der Waals surface area contributed by atoms with Gasteiger partial charge >= 0.3 is 0 Å². The smallest absolute Gasteiger partial charge is 0.191 e. The van der Waals surface area contributed by atoms with Gasteiger partial charge in [0.05, 0.1) is 13.7 Å². The fraction of sp³-hybridized carbons (Fsp3) is 0.562. The maximum Gasteiger partial charge on any atom is 0.191 e. The van der Waals surface area contributed by atoms with Crippen LogP contribution in [-0.2, 0) is 0 Å². The SMILES string of the molecule is CCC(C)NC(=NC)NCCCOc1cccc(OC)c1.I. The highest BCUT2D eigenvalue weighted by Crippen LogP contribution is 2.18. The van der Waals surface area contributed by atoms with E-state index in [1.54, 1.807) is 14.2 Å². The summed E-state index contributed by atoms with van der Waals surface area (Å²) in [4.78, 5) is 4.19. The molecule has 0 saturated carbocycles. The first-order valence-corrected chi connectivity index (χ1v) is 7.43. The normalized spacial score (nSPS) is 12.1. The van der Waals surface area contributed by atoms with E-state index >= 15 is 0 Å². The molecule has 1 aromatic rings. The average molecular weight is 421 g/mol. The molecular weight excluding hydrogens is 393 g/mol. The first-order valence-electron chi connectivity index (χ1n) is 7.43. The highest BCUT2D eigenvalue weighted by atomic mass is 127. The summed E-state index contributed by atoms with van der Waals surface area (Å²) in [5.74, 6) is 2.48. The largest absolute Gasteiger partial charge is 0.497 e. The van der Waals surface area contributed by atoms with Gasteiger partial charge in [-0.25, -0.2) is 0 Å². The Morgan fingerprint density at radius 3 is 2.68 bits per heavy atom. The number of hydrogen-bond acceptors (Lipinski definition) is 3. The summed E-state index contributed by atoms with van der Waals surface area (Å²) in [5.41, 5.74) is 0. The van der Waals surface area contributed by atoms with Crippen molar-refractivity contribution in [2.45, 2.75) is 32.7 Å². The molecule has 0 aromatic heterocycles. The molecule has 0 amide bonds. The van der Waals surface area contributed by atoms with E-state index in [0.717, 1.165) is 36.8 Å². The molecule has 0 bridgehead atoms. The number of rotatable bonds is 8. The summed E-state index contributed by atoms with van der Waals surface area (Å²) >= 11 is 0. The van der Waals surface area contributed by atoms with Crippen molar-refractivity contribution in [1.29, 1.82) is 0 Å². The Morgan fingerprint density at radius 1 is 1.32 bits per heavy atom. The lowest BCUT2D eigenvalue weighted by Gasteiger charge is -2.16. The Hall–Kier alpha value is -1.18. The molecule has 0 aliphatic carbocycles. The molecule has 0 aliphatic heterocycles. The van der Waals surface area contributed by atoms with Gasteiger partial charge in [0.15, 0.2) is 5.96 Å². The molecule has 0 saturated heterocycles. The number of hydrogen-bond donors (Lipinski definition) is 2. The van der Waals surface area contributed by atoms with E-state index in [0.29, 0.717) is 12.6 Å². The third kappa shape index (κ3) is 8.31. The molecule has 0 radical (unpaired) electrons. The number of halogens is 1. The van der Waals surface area contributed by atoms with Crippen LogP contribution in [0.2, 0.25) is 0 Å². The Kier molecular flexibility index (Phi) is 11.7. The maximum absolute atomic E-state index is 5.69. The lowest BCUT2D eigenvalue weighted by atomic mass is 10.3. The molecule has 1 rings (SSSR count). The summed E-state index contributed by atoms with van der Waals surface area (Å²) in [6.07, 6.45) is 1.97. The summed E-state index contributed by atoms with van der Waals surface area (Å²) in [5, 5.41) is 6.60. The highest BCUT2D eigenvalue weighted by molar-refractivity contribution is 14.0. The van der Waals surface area contributed by atoms with Crippen molar-refractivity contribution >= 4 is 29.9 Å². The third-order valence-electron chi connectivity index (χ3n) is 3.14. The monoisotopic (exact) mass is 421 g/mol. The lowest BCUT2D eigenvalue weighted by Crippen LogP contribution is -2.42. The quantitative estimate of drug-likeness (QED) is 0.293. The summed E-state index contributed by atoms with van der Waals surface area (Å²) in [6.45, 7) is 5.76. The van der Waals surface area contributed by atoms with Crippen LogP contribution >= 0.6 is 24.0 Å². The van der Waals surface area contributed by atoms with Crippen molar-refractivity contribution in [2.75, 3.05) is 27.3 Å². The average Bonchev–Trinajstić information content (AvgIpc) is 2.53. The molecule has 0 spiro atoms. The standard InChI is InChI=1S/C16H27N3O2.HI/c1-5-13(2)19-16(17-3)18-10-7-11-21-15-9-6-8-14(12-15)20-4;/h6,8-9,12-13H,5,7,10-11H2,1-4H3,(H2,17,18,19);1H. The zero-order valence-electron chi connectivity index (χ0n) is 13.9. The van der Waals surface area contributed by atoms with E-state index < -0.39 is 0 Å². The summed E-state index contributed by atoms with van der Waals surface area (Å²) in [7, 11) is 3.43. The topological polar surface area (TPSA) is 54.9 Å².